The topological polar surface area (TPSA) is 88.5 Å². The summed E-state index contributed by atoms with van der Waals surface area (Å²) in [6, 6.07) is 15.3. The molecule has 0 spiro atoms. The zero-order valence-electron chi connectivity index (χ0n) is 22.3. The van der Waals surface area contributed by atoms with Crippen molar-refractivity contribution in [2.24, 2.45) is 0 Å². The summed E-state index contributed by atoms with van der Waals surface area (Å²) in [5, 5.41) is 10.7. The second kappa shape index (κ2) is 11.4. The number of carbonyl (C=O) groups is 2. The molecular weight excluding hydrogens is 454 g/mol. The number of methoxy groups -OCH3 is 1. The Hall–Kier alpha value is -3.65. The van der Waals surface area contributed by atoms with Crippen molar-refractivity contribution in [3.8, 4) is 5.69 Å². The van der Waals surface area contributed by atoms with Crippen molar-refractivity contribution in [2.75, 3.05) is 37.4 Å². The van der Waals surface area contributed by atoms with Crippen molar-refractivity contribution in [2.45, 2.75) is 47.0 Å². The molecule has 192 valence electrons. The first-order valence-corrected chi connectivity index (χ1v) is 12.1. The fourth-order valence-electron chi connectivity index (χ4n) is 3.75. The van der Waals surface area contributed by atoms with E-state index in [2.05, 4.69) is 31.4 Å². The summed E-state index contributed by atoms with van der Waals surface area (Å²) in [6.45, 7) is 12.6. The molecule has 8 heteroatoms. The molecule has 2 N–H and O–H groups in total. The second-order valence-corrected chi connectivity index (χ2v) is 10.1. The third-order valence-electron chi connectivity index (χ3n) is 5.80. The average Bonchev–Trinajstić information content (AvgIpc) is 3.22. The number of benzene rings is 2. The molecule has 36 heavy (non-hydrogen) atoms. The van der Waals surface area contributed by atoms with Crippen LogP contribution in [0.4, 0.5) is 16.3 Å². The Labute approximate surface area is 213 Å². The highest BCUT2D eigenvalue weighted by Gasteiger charge is 2.23. The summed E-state index contributed by atoms with van der Waals surface area (Å²) in [5.41, 5.74) is 5.36. The van der Waals surface area contributed by atoms with Crippen LogP contribution < -0.4 is 10.6 Å². The van der Waals surface area contributed by atoms with Gasteiger partial charge in [-0.3, -0.25) is 4.79 Å². The number of nitrogens with one attached hydrogen (secondary N) is 2. The van der Waals surface area contributed by atoms with Gasteiger partial charge in [-0.15, -0.1) is 0 Å². The Morgan fingerprint density at radius 1 is 1.00 bits per heavy atom. The third-order valence-corrected chi connectivity index (χ3v) is 5.80. The normalized spacial score (nSPS) is 11.3. The number of ether oxygens (including phenoxy) is 1. The van der Waals surface area contributed by atoms with Crippen LogP contribution in [0.3, 0.4) is 0 Å². The molecule has 0 aliphatic rings. The van der Waals surface area contributed by atoms with Gasteiger partial charge in [-0.25, -0.2) is 9.48 Å². The molecule has 3 amide bonds. The van der Waals surface area contributed by atoms with Crippen LogP contribution in [-0.2, 0) is 14.9 Å². The predicted molar refractivity (Wildman–Crippen MR) is 144 cm³/mol. The first kappa shape index (κ1) is 26.9. The number of aryl methyl sites for hydroxylation is 3. The lowest BCUT2D eigenvalue weighted by atomic mass is 9.92. The van der Waals surface area contributed by atoms with Crippen molar-refractivity contribution in [3.63, 3.8) is 0 Å². The number of hydrogen-bond acceptors (Lipinski definition) is 4. The summed E-state index contributed by atoms with van der Waals surface area (Å²) in [4.78, 5) is 27.7. The van der Waals surface area contributed by atoms with Crippen LogP contribution >= 0.6 is 0 Å². The van der Waals surface area contributed by atoms with E-state index in [-0.39, 0.29) is 30.4 Å². The molecule has 0 saturated carbocycles. The molecule has 0 saturated heterocycles. The fraction of sp³-hybridized carbons (Fsp3) is 0.393. The van der Waals surface area contributed by atoms with Crippen molar-refractivity contribution in [1.29, 1.82) is 0 Å². The van der Waals surface area contributed by atoms with E-state index in [0.29, 0.717) is 18.1 Å². The standard InChI is InChI=1S/C28H37N5O3/c1-19-9-8-10-22(16-19)33-25(17-24(31-33)28(4,5)6)30-26(34)18-32(13-14-36-7)27(35)29-23-12-11-20(2)15-21(23)3/h8-12,15-17H,13-14,18H2,1-7H3,(H,29,35)(H,30,34). The van der Waals surface area contributed by atoms with Gasteiger partial charge in [0, 0.05) is 30.8 Å². The Bertz CT molecular complexity index is 1230. The minimum atomic E-state index is -0.364. The first-order chi connectivity index (χ1) is 17.0. The number of urea groups is 1. The van der Waals surface area contributed by atoms with Crippen LogP contribution in [0.25, 0.3) is 5.69 Å². The minimum absolute atomic E-state index is 0.135. The molecule has 3 aromatic rings. The highest BCUT2D eigenvalue weighted by Crippen LogP contribution is 2.26. The van der Waals surface area contributed by atoms with E-state index in [1.807, 2.05) is 69.3 Å². The van der Waals surface area contributed by atoms with Gasteiger partial charge in [0.05, 0.1) is 18.0 Å². The highest BCUT2D eigenvalue weighted by molar-refractivity contribution is 5.97. The molecule has 0 unspecified atom stereocenters. The van der Waals surface area contributed by atoms with E-state index < -0.39 is 0 Å². The molecule has 3 rings (SSSR count). The highest BCUT2D eigenvalue weighted by atomic mass is 16.5. The zero-order chi connectivity index (χ0) is 26.5. The summed E-state index contributed by atoms with van der Waals surface area (Å²) in [7, 11) is 1.56. The molecule has 0 atom stereocenters. The van der Waals surface area contributed by atoms with Gasteiger partial charge in [0.25, 0.3) is 0 Å². The Kier molecular flexibility index (Phi) is 8.53. The smallest absolute Gasteiger partial charge is 0.322 e. The lowest BCUT2D eigenvalue weighted by molar-refractivity contribution is -0.116. The molecule has 0 fully saturated rings. The van der Waals surface area contributed by atoms with E-state index >= 15 is 0 Å². The molecule has 0 aliphatic carbocycles. The molecule has 0 radical (unpaired) electrons. The number of amides is 3. The van der Waals surface area contributed by atoms with Gasteiger partial charge in [0.15, 0.2) is 0 Å². The van der Waals surface area contributed by atoms with Crippen LogP contribution in [0.5, 0.6) is 0 Å². The van der Waals surface area contributed by atoms with Crippen molar-refractivity contribution >= 4 is 23.4 Å². The number of anilines is 2. The average molecular weight is 492 g/mol. The first-order valence-electron chi connectivity index (χ1n) is 12.1. The second-order valence-electron chi connectivity index (χ2n) is 10.1. The van der Waals surface area contributed by atoms with Crippen molar-refractivity contribution < 1.29 is 14.3 Å². The molecular formula is C28H37N5O3. The number of rotatable bonds is 8. The number of aromatic nitrogens is 2. The Balaban J connectivity index is 1.81. The number of hydrogen-bond donors (Lipinski definition) is 2. The maximum atomic E-state index is 13.1. The van der Waals surface area contributed by atoms with Gasteiger partial charge in [-0.05, 0) is 50.1 Å². The number of nitrogens with zero attached hydrogens (tertiary/aromatic N) is 3. The van der Waals surface area contributed by atoms with Gasteiger partial charge in [0.2, 0.25) is 5.91 Å². The quantitative estimate of drug-likeness (QED) is 0.453. The monoisotopic (exact) mass is 491 g/mol. The summed E-state index contributed by atoms with van der Waals surface area (Å²) >= 11 is 0. The summed E-state index contributed by atoms with van der Waals surface area (Å²) < 4.78 is 6.91. The molecule has 1 heterocycles. The van der Waals surface area contributed by atoms with E-state index in [0.717, 1.165) is 28.1 Å². The lowest BCUT2D eigenvalue weighted by Crippen LogP contribution is -2.42. The van der Waals surface area contributed by atoms with Gasteiger partial charge >= 0.3 is 6.03 Å². The van der Waals surface area contributed by atoms with Crippen LogP contribution in [0, 0.1) is 20.8 Å². The van der Waals surface area contributed by atoms with Crippen LogP contribution in [-0.4, -0.2) is 53.4 Å². The van der Waals surface area contributed by atoms with Crippen LogP contribution in [0.2, 0.25) is 0 Å². The maximum Gasteiger partial charge on any atom is 0.322 e. The van der Waals surface area contributed by atoms with E-state index in [9.17, 15) is 9.59 Å². The minimum Gasteiger partial charge on any atom is -0.383 e. The van der Waals surface area contributed by atoms with E-state index in [1.54, 1.807) is 11.8 Å². The summed E-state index contributed by atoms with van der Waals surface area (Å²) in [6.07, 6.45) is 0. The molecule has 0 bridgehead atoms. The van der Waals surface area contributed by atoms with Gasteiger partial charge in [-0.2, -0.15) is 5.10 Å². The summed E-state index contributed by atoms with van der Waals surface area (Å²) in [5.74, 6) is 0.230. The lowest BCUT2D eigenvalue weighted by Gasteiger charge is -2.23. The molecule has 0 aliphatic heterocycles. The van der Waals surface area contributed by atoms with Crippen LogP contribution in [0.15, 0.2) is 48.5 Å². The Morgan fingerprint density at radius 2 is 1.72 bits per heavy atom. The molecule has 8 nitrogen and oxygen atoms in total. The molecule has 1 aromatic heterocycles. The van der Waals surface area contributed by atoms with Crippen molar-refractivity contribution in [3.05, 3.63) is 70.9 Å². The maximum absolute atomic E-state index is 13.1. The largest absolute Gasteiger partial charge is 0.383 e. The van der Waals surface area contributed by atoms with Crippen LogP contribution in [0.1, 0.15) is 43.2 Å². The predicted octanol–water partition coefficient (Wildman–Crippen LogP) is 5.21. The van der Waals surface area contributed by atoms with Crippen molar-refractivity contribution in [1.82, 2.24) is 14.7 Å². The van der Waals surface area contributed by atoms with E-state index in [4.69, 9.17) is 9.84 Å². The zero-order valence-corrected chi connectivity index (χ0v) is 22.3. The van der Waals surface area contributed by atoms with Gasteiger partial charge in [0.1, 0.15) is 12.4 Å². The third kappa shape index (κ3) is 6.95. The Morgan fingerprint density at radius 3 is 2.36 bits per heavy atom. The molecule has 2 aromatic carbocycles. The van der Waals surface area contributed by atoms with Gasteiger partial charge < -0.3 is 20.3 Å². The SMILES string of the molecule is COCCN(CC(=O)Nc1cc(C(C)(C)C)nn1-c1cccc(C)c1)C(=O)Nc1ccc(C)cc1C. The number of carbonyl (C=O) groups excluding carboxylic acids is 2. The van der Waals surface area contributed by atoms with E-state index in [1.165, 1.54) is 4.90 Å². The fourth-order valence-corrected chi connectivity index (χ4v) is 3.75. The van der Waals surface area contributed by atoms with Gasteiger partial charge in [-0.1, -0.05) is 50.6 Å².